The Morgan fingerprint density at radius 3 is 2.80 bits per heavy atom. The third-order valence-corrected chi connectivity index (χ3v) is 4.37. The molecule has 0 aliphatic carbocycles. The maximum atomic E-state index is 12.6. The van der Waals surface area contributed by atoms with Crippen LogP contribution < -0.4 is 5.32 Å². The maximum absolute atomic E-state index is 12.6. The molecule has 1 aromatic carbocycles. The summed E-state index contributed by atoms with van der Waals surface area (Å²) in [6, 6.07) is 6.65. The molecule has 2 aromatic rings. The Kier molecular flexibility index (Phi) is 6.78. The van der Waals surface area contributed by atoms with Crippen molar-refractivity contribution >= 4 is 40.6 Å². The molecular weight excluding hydrogens is 362 g/mol. The van der Waals surface area contributed by atoms with E-state index < -0.39 is 5.97 Å². The fourth-order valence-electron chi connectivity index (χ4n) is 2.08. The number of hydrogen-bond acceptors (Lipinski definition) is 5. The fourth-order valence-corrected chi connectivity index (χ4v) is 3.03. The van der Waals surface area contributed by atoms with E-state index in [4.69, 9.17) is 16.3 Å². The first kappa shape index (κ1) is 19.2. The zero-order chi connectivity index (χ0) is 18.4. The van der Waals surface area contributed by atoms with E-state index in [1.165, 1.54) is 11.3 Å². The summed E-state index contributed by atoms with van der Waals surface area (Å²) < 4.78 is 4.93. The van der Waals surface area contributed by atoms with Crippen molar-refractivity contribution in [3.63, 3.8) is 0 Å². The van der Waals surface area contributed by atoms with E-state index in [0.717, 1.165) is 0 Å². The maximum Gasteiger partial charge on any atom is 0.357 e. The zero-order valence-corrected chi connectivity index (χ0v) is 15.9. The lowest BCUT2D eigenvalue weighted by atomic mass is 10.3. The van der Waals surface area contributed by atoms with Crippen molar-refractivity contribution in [2.45, 2.75) is 33.4 Å². The topological polar surface area (TPSA) is 71.5 Å². The van der Waals surface area contributed by atoms with Crippen LogP contribution in [-0.2, 0) is 11.3 Å². The van der Waals surface area contributed by atoms with Gasteiger partial charge in [0.1, 0.15) is 5.01 Å². The van der Waals surface area contributed by atoms with E-state index in [1.54, 1.807) is 41.5 Å². The number of thiazole rings is 1. The lowest BCUT2D eigenvalue weighted by Crippen LogP contribution is -2.39. The van der Waals surface area contributed by atoms with Crippen LogP contribution in [0.5, 0.6) is 0 Å². The fraction of sp³-hybridized carbons (Fsp3) is 0.353. The molecule has 0 radical (unpaired) electrons. The molecule has 0 aliphatic heterocycles. The number of aromatic nitrogens is 1. The van der Waals surface area contributed by atoms with Crippen LogP contribution >= 0.6 is 22.9 Å². The standard InChI is InChI=1S/C17H20ClN3O3S/c1-4-24-16(22)14-10-25-15(20-14)9-21(11(2)3)17(23)19-13-7-5-6-12(18)8-13/h5-8,10-11H,4,9H2,1-3H3,(H,19,23). The molecule has 0 spiro atoms. The number of esters is 1. The number of hydrogen-bond donors (Lipinski definition) is 1. The van der Waals surface area contributed by atoms with Gasteiger partial charge in [0.25, 0.3) is 0 Å². The van der Waals surface area contributed by atoms with Gasteiger partial charge in [0, 0.05) is 22.1 Å². The summed E-state index contributed by atoms with van der Waals surface area (Å²) in [6.45, 7) is 6.17. The summed E-state index contributed by atoms with van der Waals surface area (Å²) in [5, 5.41) is 5.68. The smallest absolute Gasteiger partial charge is 0.357 e. The number of urea groups is 1. The van der Waals surface area contributed by atoms with Crippen LogP contribution in [0.1, 0.15) is 36.3 Å². The third kappa shape index (κ3) is 5.44. The summed E-state index contributed by atoms with van der Waals surface area (Å²) >= 11 is 7.26. The highest BCUT2D eigenvalue weighted by Gasteiger charge is 2.20. The number of anilines is 1. The van der Waals surface area contributed by atoms with Crippen LogP contribution in [0.2, 0.25) is 5.02 Å². The van der Waals surface area contributed by atoms with Gasteiger partial charge in [-0.15, -0.1) is 11.3 Å². The highest BCUT2D eigenvalue weighted by atomic mass is 35.5. The van der Waals surface area contributed by atoms with Gasteiger partial charge in [0.15, 0.2) is 5.69 Å². The van der Waals surface area contributed by atoms with Gasteiger partial charge < -0.3 is 15.0 Å². The first-order valence-electron chi connectivity index (χ1n) is 7.85. The molecule has 0 aliphatic rings. The van der Waals surface area contributed by atoms with E-state index in [0.29, 0.717) is 28.9 Å². The Morgan fingerprint density at radius 2 is 2.16 bits per heavy atom. The first-order valence-corrected chi connectivity index (χ1v) is 9.11. The highest BCUT2D eigenvalue weighted by molar-refractivity contribution is 7.09. The molecule has 1 heterocycles. The predicted octanol–water partition coefficient (Wildman–Crippen LogP) is 4.42. The minimum Gasteiger partial charge on any atom is -0.461 e. The number of amides is 2. The van der Waals surface area contributed by atoms with Gasteiger partial charge in [0.2, 0.25) is 0 Å². The molecule has 0 saturated carbocycles. The Hall–Kier alpha value is -2.12. The molecular formula is C17H20ClN3O3S. The van der Waals surface area contributed by atoms with Crippen molar-refractivity contribution in [3.8, 4) is 0 Å². The monoisotopic (exact) mass is 381 g/mol. The van der Waals surface area contributed by atoms with E-state index in [1.807, 2.05) is 13.8 Å². The van der Waals surface area contributed by atoms with Crippen molar-refractivity contribution in [2.24, 2.45) is 0 Å². The largest absolute Gasteiger partial charge is 0.461 e. The minimum absolute atomic E-state index is 0.0471. The number of carbonyl (C=O) groups is 2. The second kappa shape index (κ2) is 8.82. The number of carbonyl (C=O) groups excluding carboxylic acids is 2. The average Bonchev–Trinajstić information content (AvgIpc) is 3.01. The summed E-state index contributed by atoms with van der Waals surface area (Å²) in [6.07, 6.45) is 0. The summed E-state index contributed by atoms with van der Waals surface area (Å²) in [7, 11) is 0. The molecule has 0 unspecified atom stereocenters. The molecule has 0 bridgehead atoms. The highest BCUT2D eigenvalue weighted by Crippen LogP contribution is 2.18. The van der Waals surface area contributed by atoms with Crippen molar-refractivity contribution in [1.29, 1.82) is 0 Å². The number of halogens is 1. The summed E-state index contributed by atoms with van der Waals surface area (Å²) in [4.78, 5) is 30.2. The summed E-state index contributed by atoms with van der Waals surface area (Å²) in [5.41, 5.74) is 0.885. The molecule has 8 heteroatoms. The van der Waals surface area contributed by atoms with Gasteiger partial charge in [-0.1, -0.05) is 17.7 Å². The minimum atomic E-state index is -0.454. The molecule has 2 amide bonds. The molecule has 2 rings (SSSR count). The second-order valence-corrected chi connectivity index (χ2v) is 6.89. The van der Waals surface area contributed by atoms with Gasteiger partial charge in [0.05, 0.1) is 13.2 Å². The van der Waals surface area contributed by atoms with E-state index in [-0.39, 0.29) is 17.8 Å². The number of benzene rings is 1. The molecule has 1 N–H and O–H groups in total. The Bertz CT molecular complexity index is 748. The van der Waals surface area contributed by atoms with E-state index in [2.05, 4.69) is 10.3 Å². The number of ether oxygens (including phenoxy) is 1. The zero-order valence-electron chi connectivity index (χ0n) is 14.3. The van der Waals surface area contributed by atoms with Gasteiger partial charge in [-0.25, -0.2) is 14.6 Å². The van der Waals surface area contributed by atoms with Crippen molar-refractivity contribution < 1.29 is 14.3 Å². The molecule has 0 fully saturated rings. The molecule has 6 nitrogen and oxygen atoms in total. The Labute approximate surface area is 155 Å². The molecule has 134 valence electrons. The molecule has 0 atom stereocenters. The van der Waals surface area contributed by atoms with Crippen LogP contribution in [0, 0.1) is 0 Å². The number of nitrogens with one attached hydrogen (secondary N) is 1. The quantitative estimate of drug-likeness (QED) is 0.752. The lowest BCUT2D eigenvalue weighted by molar-refractivity contribution is 0.0520. The average molecular weight is 382 g/mol. The predicted molar refractivity (Wildman–Crippen MR) is 99.2 cm³/mol. The molecule has 0 saturated heterocycles. The van der Waals surface area contributed by atoms with Crippen molar-refractivity contribution in [1.82, 2.24) is 9.88 Å². The summed E-state index contributed by atoms with van der Waals surface area (Å²) in [5.74, 6) is -0.454. The lowest BCUT2D eigenvalue weighted by Gasteiger charge is -2.26. The number of nitrogens with zero attached hydrogens (tertiary/aromatic N) is 2. The number of rotatable bonds is 6. The third-order valence-electron chi connectivity index (χ3n) is 3.30. The van der Waals surface area contributed by atoms with Gasteiger partial charge in [-0.2, -0.15) is 0 Å². The van der Waals surface area contributed by atoms with Crippen LogP contribution in [0.3, 0.4) is 0 Å². The van der Waals surface area contributed by atoms with Gasteiger partial charge in [-0.3, -0.25) is 0 Å². The van der Waals surface area contributed by atoms with Crippen molar-refractivity contribution in [2.75, 3.05) is 11.9 Å². The van der Waals surface area contributed by atoms with Crippen molar-refractivity contribution in [3.05, 3.63) is 45.4 Å². The Morgan fingerprint density at radius 1 is 1.40 bits per heavy atom. The van der Waals surface area contributed by atoms with Crippen LogP contribution in [-0.4, -0.2) is 34.5 Å². The second-order valence-electron chi connectivity index (χ2n) is 5.51. The normalized spacial score (nSPS) is 10.6. The van der Waals surface area contributed by atoms with E-state index in [9.17, 15) is 9.59 Å². The molecule has 25 heavy (non-hydrogen) atoms. The molecule has 1 aromatic heterocycles. The van der Waals surface area contributed by atoms with Gasteiger partial charge >= 0.3 is 12.0 Å². The first-order chi connectivity index (χ1) is 11.9. The van der Waals surface area contributed by atoms with Crippen LogP contribution in [0.25, 0.3) is 0 Å². The van der Waals surface area contributed by atoms with Crippen LogP contribution in [0.4, 0.5) is 10.5 Å². The van der Waals surface area contributed by atoms with Gasteiger partial charge in [-0.05, 0) is 39.0 Å². The SMILES string of the molecule is CCOC(=O)c1csc(CN(C(=O)Nc2cccc(Cl)c2)C(C)C)n1. The van der Waals surface area contributed by atoms with Crippen LogP contribution in [0.15, 0.2) is 29.6 Å². The Balaban J connectivity index is 2.07. The van der Waals surface area contributed by atoms with E-state index >= 15 is 0 Å².